The lowest BCUT2D eigenvalue weighted by molar-refractivity contribution is -0.129. The van der Waals surface area contributed by atoms with Crippen molar-refractivity contribution in [2.24, 2.45) is 5.92 Å². The summed E-state index contributed by atoms with van der Waals surface area (Å²) in [7, 11) is 0. The maximum absolute atomic E-state index is 12.8. The highest BCUT2D eigenvalue weighted by Crippen LogP contribution is 2.34. The number of thioether (sulfide) groups is 1. The van der Waals surface area contributed by atoms with Gasteiger partial charge in [-0.2, -0.15) is 0 Å². The number of carbonyl (C=O) groups excluding carboxylic acids is 1. The van der Waals surface area contributed by atoms with E-state index in [-0.39, 0.29) is 12.7 Å². The third-order valence-electron chi connectivity index (χ3n) is 5.99. The second kappa shape index (κ2) is 9.24. The standard InChI is InChI=1S/C24H26N4O3S/c1-17-9-11-27(12-10-17)22(29)15-32-24-26-25-23(19-5-3-2-4-6-19)28(24)14-18-7-8-20-21(13-18)31-16-30-20/h2-8,13,17H,9-12,14-16H2,1H3. The number of fused-ring (bicyclic) bond motifs is 1. The van der Waals surface area contributed by atoms with E-state index in [2.05, 4.69) is 21.7 Å². The molecule has 1 amide bonds. The fourth-order valence-corrected chi connectivity index (χ4v) is 4.88. The molecule has 0 N–H and O–H groups in total. The molecule has 0 bridgehead atoms. The average Bonchev–Trinajstić information content (AvgIpc) is 3.45. The molecule has 3 aromatic rings. The molecule has 1 aromatic heterocycles. The molecule has 2 aromatic carbocycles. The van der Waals surface area contributed by atoms with Gasteiger partial charge in [-0.25, -0.2) is 0 Å². The van der Waals surface area contributed by atoms with Gasteiger partial charge in [0, 0.05) is 18.7 Å². The van der Waals surface area contributed by atoms with Crippen molar-refractivity contribution >= 4 is 17.7 Å². The van der Waals surface area contributed by atoms with Crippen LogP contribution < -0.4 is 9.47 Å². The van der Waals surface area contributed by atoms with E-state index < -0.39 is 0 Å². The number of ether oxygens (including phenoxy) is 2. The molecule has 0 spiro atoms. The third kappa shape index (κ3) is 4.46. The molecule has 3 heterocycles. The summed E-state index contributed by atoms with van der Waals surface area (Å²) in [5.41, 5.74) is 2.05. The fraction of sp³-hybridized carbons (Fsp3) is 0.375. The number of carbonyl (C=O) groups is 1. The van der Waals surface area contributed by atoms with Crippen LogP contribution in [-0.4, -0.2) is 51.2 Å². The maximum atomic E-state index is 12.8. The molecule has 0 saturated carbocycles. The summed E-state index contributed by atoms with van der Waals surface area (Å²) in [6.07, 6.45) is 2.16. The Labute approximate surface area is 191 Å². The lowest BCUT2D eigenvalue weighted by atomic mass is 9.99. The van der Waals surface area contributed by atoms with Gasteiger partial charge in [0.15, 0.2) is 22.5 Å². The van der Waals surface area contributed by atoms with E-state index >= 15 is 0 Å². The molecule has 0 aliphatic carbocycles. The van der Waals surface area contributed by atoms with Crippen molar-refractivity contribution in [3.05, 3.63) is 54.1 Å². The first-order valence-corrected chi connectivity index (χ1v) is 11.9. The van der Waals surface area contributed by atoms with Crippen LogP contribution in [0.5, 0.6) is 11.5 Å². The Morgan fingerprint density at radius 3 is 2.66 bits per heavy atom. The van der Waals surface area contributed by atoms with E-state index in [1.54, 1.807) is 0 Å². The van der Waals surface area contributed by atoms with E-state index in [1.165, 1.54) is 11.8 Å². The molecule has 2 aliphatic rings. The highest BCUT2D eigenvalue weighted by Gasteiger charge is 2.22. The van der Waals surface area contributed by atoms with Gasteiger partial charge in [-0.05, 0) is 36.5 Å². The highest BCUT2D eigenvalue weighted by molar-refractivity contribution is 7.99. The molecule has 1 fully saturated rings. The van der Waals surface area contributed by atoms with E-state index in [9.17, 15) is 4.79 Å². The smallest absolute Gasteiger partial charge is 0.233 e. The zero-order valence-electron chi connectivity index (χ0n) is 18.1. The number of amides is 1. The largest absolute Gasteiger partial charge is 0.454 e. The van der Waals surface area contributed by atoms with E-state index in [4.69, 9.17) is 9.47 Å². The van der Waals surface area contributed by atoms with E-state index in [0.717, 1.165) is 59.5 Å². The van der Waals surface area contributed by atoms with Gasteiger partial charge in [-0.1, -0.05) is 55.1 Å². The summed E-state index contributed by atoms with van der Waals surface area (Å²) < 4.78 is 13.0. The summed E-state index contributed by atoms with van der Waals surface area (Å²) in [6.45, 7) is 4.77. The van der Waals surface area contributed by atoms with Gasteiger partial charge in [-0.3, -0.25) is 9.36 Å². The summed E-state index contributed by atoms with van der Waals surface area (Å²) in [6, 6.07) is 15.9. The third-order valence-corrected chi connectivity index (χ3v) is 6.94. The molecule has 2 aliphatic heterocycles. The molecule has 1 saturated heterocycles. The maximum Gasteiger partial charge on any atom is 0.233 e. The summed E-state index contributed by atoms with van der Waals surface area (Å²) in [5.74, 6) is 3.52. The van der Waals surface area contributed by atoms with Gasteiger partial charge in [0.2, 0.25) is 12.7 Å². The number of aromatic nitrogens is 3. The summed E-state index contributed by atoms with van der Waals surface area (Å²) >= 11 is 1.45. The van der Waals surface area contributed by atoms with E-state index in [1.807, 2.05) is 53.4 Å². The normalized spacial score (nSPS) is 15.8. The average molecular weight is 451 g/mol. The number of hydrogen-bond acceptors (Lipinski definition) is 6. The van der Waals surface area contributed by atoms with E-state index in [0.29, 0.717) is 18.2 Å². The van der Waals surface area contributed by atoms with Crippen LogP contribution in [0.2, 0.25) is 0 Å². The SMILES string of the molecule is CC1CCN(C(=O)CSc2nnc(-c3ccccc3)n2Cc2ccc3c(c2)OCO3)CC1. The summed E-state index contributed by atoms with van der Waals surface area (Å²) in [4.78, 5) is 14.7. The Balaban J connectivity index is 1.37. The molecule has 7 nitrogen and oxygen atoms in total. The minimum Gasteiger partial charge on any atom is -0.454 e. The first-order valence-electron chi connectivity index (χ1n) is 10.9. The second-order valence-electron chi connectivity index (χ2n) is 8.30. The van der Waals surface area contributed by atoms with Gasteiger partial charge in [-0.15, -0.1) is 10.2 Å². The van der Waals surface area contributed by atoms with Gasteiger partial charge in [0.05, 0.1) is 12.3 Å². The monoisotopic (exact) mass is 450 g/mol. The number of piperidine rings is 1. The van der Waals surface area contributed by atoms with Gasteiger partial charge < -0.3 is 14.4 Å². The predicted octanol–water partition coefficient (Wildman–Crippen LogP) is 4.07. The molecule has 0 unspecified atom stereocenters. The Bertz CT molecular complexity index is 1090. The molecule has 0 atom stereocenters. The van der Waals surface area contributed by atoms with Crippen molar-refractivity contribution in [1.82, 2.24) is 19.7 Å². The molecular formula is C24H26N4O3S. The molecule has 166 valence electrons. The number of nitrogens with zero attached hydrogens (tertiary/aromatic N) is 4. The Morgan fingerprint density at radius 2 is 1.84 bits per heavy atom. The summed E-state index contributed by atoms with van der Waals surface area (Å²) in [5, 5.41) is 9.64. The van der Waals surface area contributed by atoms with Crippen LogP contribution in [0.1, 0.15) is 25.3 Å². The minimum absolute atomic E-state index is 0.167. The van der Waals surface area contributed by atoms with Crippen LogP contribution >= 0.6 is 11.8 Å². The van der Waals surface area contributed by atoms with Crippen LogP contribution in [0.4, 0.5) is 0 Å². The Morgan fingerprint density at radius 1 is 1.06 bits per heavy atom. The van der Waals surface area contributed by atoms with Crippen molar-refractivity contribution in [2.75, 3.05) is 25.6 Å². The fourth-order valence-electron chi connectivity index (χ4n) is 4.04. The van der Waals surface area contributed by atoms with Crippen molar-refractivity contribution in [3.63, 3.8) is 0 Å². The van der Waals surface area contributed by atoms with Crippen LogP contribution in [0.3, 0.4) is 0 Å². The Kier molecular flexibility index (Phi) is 6.03. The lowest BCUT2D eigenvalue weighted by Crippen LogP contribution is -2.38. The van der Waals surface area contributed by atoms with Crippen molar-refractivity contribution in [2.45, 2.75) is 31.5 Å². The van der Waals surface area contributed by atoms with Crippen molar-refractivity contribution in [3.8, 4) is 22.9 Å². The quantitative estimate of drug-likeness (QED) is 0.527. The molecule has 8 heteroatoms. The predicted molar refractivity (Wildman–Crippen MR) is 123 cm³/mol. The first kappa shape index (κ1) is 20.9. The zero-order chi connectivity index (χ0) is 21.9. The zero-order valence-corrected chi connectivity index (χ0v) is 18.9. The lowest BCUT2D eigenvalue weighted by Gasteiger charge is -2.30. The van der Waals surface area contributed by atoms with Gasteiger partial charge in [0.25, 0.3) is 0 Å². The second-order valence-corrected chi connectivity index (χ2v) is 9.24. The van der Waals surface area contributed by atoms with Gasteiger partial charge in [0.1, 0.15) is 0 Å². The van der Waals surface area contributed by atoms with Crippen LogP contribution in [0.15, 0.2) is 53.7 Å². The molecule has 0 radical (unpaired) electrons. The number of likely N-dealkylation sites (tertiary alicyclic amines) is 1. The molecule has 5 rings (SSSR count). The van der Waals surface area contributed by atoms with Crippen LogP contribution in [-0.2, 0) is 11.3 Å². The topological polar surface area (TPSA) is 69.5 Å². The molecular weight excluding hydrogens is 424 g/mol. The number of hydrogen-bond donors (Lipinski definition) is 0. The van der Waals surface area contributed by atoms with Crippen LogP contribution in [0, 0.1) is 5.92 Å². The van der Waals surface area contributed by atoms with Crippen LogP contribution in [0.25, 0.3) is 11.4 Å². The molecule has 32 heavy (non-hydrogen) atoms. The van der Waals surface area contributed by atoms with Crippen molar-refractivity contribution in [1.29, 1.82) is 0 Å². The van der Waals surface area contributed by atoms with Crippen molar-refractivity contribution < 1.29 is 14.3 Å². The van der Waals surface area contributed by atoms with Gasteiger partial charge >= 0.3 is 0 Å². The minimum atomic E-state index is 0.167. The Hall–Kier alpha value is -3.00. The number of benzene rings is 2. The number of rotatable bonds is 6. The first-order chi connectivity index (χ1) is 15.7. The highest BCUT2D eigenvalue weighted by atomic mass is 32.2.